The van der Waals surface area contributed by atoms with Crippen LogP contribution in [0.2, 0.25) is 0 Å². The molecule has 0 unspecified atom stereocenters. The number of allylic oxidation sites excluding steroid dienone is 1. The largest absolute Gasteiger partial charge is 0.274 e. The molecule has 0 bridgehead atoms. The van der Waals surface area contributed by atoms with Crippen LogP contribution >= 0.6 is 0 Å². The molecule has 3 nitrogen and oxygen atoms in total. The van der Waals surface area contributed by atoms with Crippen molar-refractivity contribution in [3.05, 3.63) is 11.8 Å². The average molecular weight is 183 g/mol. The first-order chi connectivity index (χ1) is 5.95. The molecule has 0 atom stereocenters. The van der Waals surface area contributed by atoms with Gasteiger partial charge in [0.25, 0.3) is 0 Å². The maximum absolute atomic E-state index is 4.14. The van der Waals surface area contributed by atoms with Gasteiger partial charge in [-0.05, 0) is 41.5 Å². The van der Waals surface area contributed by atoms with Crippen molar-refractivity contribution in [2.75, 3.05) is 0 Å². The van der Waals surface area contributed by atoms with Crippen molar-refractivity contribution in [2.45, 2.75) is 53.6 Å². The van der Waals surface area contributed by atoms with Crippen LogP contribution in [0.15, 0.2) is 22.1 Å². The van der Waals surface area contributed by atoms with Crippen molar-refractivity contribution in [3.63, 3.8) is 0 Å². The molecule has 76 valence electrons. The fourth-order valence-electron chi connectivity index (χ4n) is 1.00. The topological polar surface area (TPSA) is 28.0 Å². The Labute approximate surface area is 81.5 Å². The Kier molecular flexibility index (Phi) is 5.35. The summed E-state index contributed by atoms with van der Waals surface area (Å²) < 4.78 is 0. The fraction of sp³-hybridized carbons (Fsp3) is 0.800. The van der Waals surface area contributed by atoms with E-state index in [1.54, 1.807) is 6.20 Å². The van der Waals surface area contributed by atoms with Crippen molar-refractivity contribution in [1.82, 2.24) is 5.01 Å². The van der Waals surface area contributed by atoms with Crippen LogP contribution in [0.25, 0.3) is 0 Å². The van der Waals surface area contributed by atoms with Crippen molar-refractivity contribution >= 4 is 0 Å². The van der Waals surface area contributed by atoms with E-state index >= 15 is 0 Å². The van der Waals surface area contributed by atoms with E-state index in [0.29, 0.717) is 12.1 Å². The van der Waals surface area contributed by atoms with Gasteiger partial charge in [0.15, 0.2) is 0 Å². The molecule has 0 amide bonds. The van der Waals surface area contributed by atoms with Gasteiger partial charge in [0.05, 0.1) is 0 Å². The van der Waals surface area contributed by atoms with Crippen molar-refractivity contribution < 1.29 is 0 Å². The van der Waals surface area contributed by atoms with Crippen LogP contribution in [-0.2, 0) is 0 Å². The highest BCUT2D eigenvalue weighted by Gasteiger charge is 2.09. The lowest BCUT2D eigenvalue weighted by atomic mass is 10.3. The molecule has 0 saturated heterocycles. The Balaban J connectivity index is 4.26. The van der Waals surface area contributed by atoms with Crippen molar-refractivity contribution in [2.24, 2.45) is 10.3 Å². The van der Waals surface area contributed by atoms with E-state index in [4.69, 9.17) is 0 Å². The zero-order valence-corrected chi connectivity index (χ0v) is 9.57. The van der Waals surface area contributed by atoms with Crippen LogP contribution in [0.1, 0.15) is 41.5 Å². The minimum absolute atomic E-state index is 0.398. The van der Waals surface area contributed by atoms with Crippen LogP contribution in [0, 0.1) is 0 Å². The van der Waals surface area contributed by atoms with Crippen LogP contribution in [0.4, 0.5) is 0 Å². The van der Waals surface area contributed by atoms with E-state index in [1.807, 2.05) is 18.9 Å². The van der Waals surface area contributed by atoms with E-state index in [1.165, 1.54) is 0 Å². The standard InChI is InChI=1S/C10H21N3/c1-8(2)7-11-12-13(9(3)4)10(5)6/h7,9-10H,1-6H3. The van der Waals surface area contributed by atoms with E-state index in [-0.39, 0.29) is 0 Å². The minimum Gasteiger partial charge on any atom is -0.274 e. The summed E-state index contributed by atoms with van der Waals surface area (Å²) in [7, 11) is 0. The summed E-state index contributed by atoms with van der Waals surface area (Å²) in [6, 6.07) is 0.795. The first-order valence-electron chi connectivity index (χ1n) is 4.77. The Morgan fingerprint density at radius 2 is 1.54 bits per heavy atom. The highest BCUT2D eigenvalue weighted by atomic mass is 15.6. The first-order valence-corrected chi connectivity index (χ1v) is 4.77. The molecule has 0 saturated carbocycles. The van der Waals surface area contributed by atoms with Gasteiger partial charge in [-0.25, -0.2) is 0 Å². The summed E-state index contributed by atoms with van der Waals surface area (Å²) in [6.45, 7) is 12.5. The van der Waals surface area contributed by atoms with Gasteiger partial charge in [-0.15, -0.1) is 5.11 Å². The Bertz CT molecular complexity index is 180. The number of nitrogens with zero attached hydrogens (tertiary/aromatic N) is 3. The smallest absolute Gasteiger partial charge is 0.0499 e. The zero-order valence-electron chi connectivity index (χ0n) is 9.57. The summed E-state index contributed by atoms with van der Waals surface area (Å²) in [5.41, 5.74) is 1.16. The average Bonchev–Trinajstić information content (AvgIpc) is 1.95. The summed E-state index contributed by atoms with van der Waals surface area (Å²) in [5.74, 6) is 0. The summed E-state index contributed by atoms with van der Waals surface area (Å²) >= 11 is 0. The SMILES string of the molecule is CC(C)=CN=NN(C(C)C)C(C)C. The molecule has 13 heavy (non-hydrogen) atoms. The summed E-state index contributed by atoms with van der Waals surface area (Å²) in [4.78, 5) is 0. The third-order valence-electron chi connectivity index (χ3n) is 1.53. The molecular formula is C10H21N3. The van der Waals surface area contributed by atoms with Gasteiger partial charge in [-0.1, -0.05) is 10.8 Å². The number of rotatable bonds is 4. The Morgan fingerprint density at radius 3 is 1.85 bits per heavy atom. The summed E-state index contributed by atoms with van der Waals surface area (Å²) in [6.07, 6.45) is 1.78. The van der Waals surface area contributed by atoms with Crippen LogP contribution in [-0.4, -0.2) is 17.1 Å². The molecule has 0 rings (SSSR count). The van der Waals surface area contributed by atoms with Gasteiger partial charge in [-0.3, -0.25) is 5.01 Å². The quantitative estimate of drug-likeness (QED) is 0.485. The Morgan fingerprint density at radius 1 is 1.08 bits per heavy atom. The molecule has 0 aromatic carbocycles. The normalized spacial score (nSPS) is 11.4. The van der Waals surface area contributed by atoms with Gasteiger partial charge < -0.3 is 0 Å². The third-order valence-corrected chi connectivity index (χ3v) is 1.53. The van der Waals surface area contributed by atoms with Crippen LogP contribution in [0.3, 0.4) is 0 Å². The zero-order chi connectivity index (χ0) is 10.4. The van der Waals surface area contributed by atoms with Gasteiger partial charge in [0.2, 0.25) is 0 Å². The monoisotopic (exact) mass is 183 g/mol. The molecule has 3 heteroatoms. The molecule has 0 N–H and O–H groups in total. The van der Waals surface area contributed by atoms with Gasteiger partial charge >= 0.3 is 0 Å². The van der Waals surface area contributed by atoms with Gasteiger partial charge in [-0.2, -0.15) is 0 Å². The predicted octanol–water partition coefficient (Wildman–Crippen LogP) is 3.40. The number of hydrogen-bond donors (Lipinski definition) is 0. The molecule has 0 aromatic rings. The molecule has 0 fully saturated rings. The lowest BCUT2D eigenvalue weighted by Gasteiger charge is -2.25. The van der Waals surface area contributed by atoms with E-state index in [2.05, 4.69) is 38.0 Å². The molecule has 0 radical (unpaired) electrons. The molecule has 0 aromatic heterocycles. The third kappa shape index (κ3) is 5.39. The minimum atomic E-state index is 0.398. The molecule has 0 aliphatic heterocycles. The van der Waals surface area contributed by atoms with Crippen molar-refractivity contribution in [1.29, 1.82) is 0 Å². The van der Waals surface area contributed by atoms with Gasteiger partial charge in [0.1, 0.15) is 0 Å². The maximum atomic E-state index is 4.14. The maximum Gasteiger partial charge on any atom is 0.0499 e. The number of hydrogen-bond acceptors (Lipinski definition) is 2. The molecular weight excluding hydrogens is 162 g/mol. The second-order valence-electron chi connectivity index (χ2n) is 3.98. The molecule has 0 heterocycles. The second-order valence-corrected chi connectivity index (χ2v) is 3.98. The first kappa shape index (κ1) is 12.1. The molecule has 0 aliphatic carbocycles. The highest BCUT2D eigenvalue weighted by Crippen LogP contribution is 2.06. The van der Waals surface area contributed by atoms with Crippen molar-refractivity contribution in [3.8, 4) is 0 Å². The lowest BCUT2D eigenvalue weighted by Crippen LogP contribution is -2.31. The summed E-state index contributed by atoms with van der Waals surface area (Å²) in [5, 5.41) is 10.1. The van der Waals surface area contributed by atoms with Crippen LogP contribution in [0.5, 0.6) is 0 Å². The predicted molar refractivity (Wildman–Crippen MR) is 56.4 cm³/mol. The van der Waals surface area contributed by atoms with Crippen LogP contribution < -0.4 is 0 Å². The molecule has 0 spiro atoms. The lowest BCUT2D eigenvalue weighted by molar-refractivity contribution is 0.169. The molecule has 0 aliphatic rings. The fourth-order valence-corrected chi connectivity index (χ4v) is 1.00. The van der Waals surface area contributed by atoms with E-state index in [9.17, 15) is 0 Å². The van der Waals surface area contributed by atoms with Gasteiger partial charge in [0, 0.05) is 18.3 Å². The van der Waals surface area contributed by atoms with E-state index < -0.39 is 0 Å². The second kappa shape index (κ2) is 5.73. The highest BCUT2D eigenvalue weighted by molar-refractivity contribution is 4.90. The Hall–Kier alpha value is -0.860. The van der Waals surface area contributed by atoms with E-state index in [0.717, 1.165) is 5.57 Å².